The zero-order chi connectivity index (χ0) is 19.1. The molecular weight excluding hydrogens is 373 g/mol. The number of methoxy groups -OCH3 is 1. The third-order valence-electron chi connectivity index (χ3n) is 5.19. The van der Waals surface area contributed by atoms with Crippen molar-refractivity contribution in [3.63, 3.8) is 0 Å². The highest BCUT2D eigenvalue weighted by molar-refractivity contribution is 6.35. The Labute approximate surface area is 154 Å². The van der Waals surface area contributed by atoms with Gasteiger partial charge in [-0.3, -0.25) is 9.69 Å². The van der Waals surface area contributed by atoms with Crippen molar-refractivity contribution in [3.8, 4) is 5.75 Å². The van der Waals surface area contributed by atoms with Crippen LogP contribution in [0.15, 0.2) is 18.2 Å². The Bertz CT molecular complexity index is 700. The number of nitrogens with zero attached hydrogens (tertiary/aromatic N) is 2. The van der Waals surface area contributed by atoms with Crippen LogP contribution in [0.2, 0.25) is 5.02 Å². The lowest BCUT2D eigenvalue weighted by molar-refractivity contribution is -0.279. The summed E-state index contributed by atoms with van der Waals surface area (Å²) in [5, 5.41) is 10.1. The molecule has 2 heterocycles. The van der Waals surface area contributed by atoms with Crippen molar-refractivity contribution in [2.24, 2.45) is 0 Å². The van der Waals surface area contributed by atoms with Gasteiger partial charge in [0.05, 0.1) is 17.7 Å². The number of aliphatic hydroxyl groups is 1. The summed E-state index contributed by atoms with van der Waals surface area (Å²) in [5.74, 6) is 0.120. The molecule has 0 aliphatic carbocycles. The summed E-state index contributed by atoms with van der Waals surface area (Å²) in [7, 11) is 1.46. The Morgan fingerprint density at radius 1 is 1.38 bits per heavy atom. The maximum absolute atomic E-state index is 13.1. The number of amides is 1. The first-order valence-electron chi connectivity index (χ1n) is 8.31. The third-order valence-corrected chi connectivity index (χ3v) is 5.58. The van der Waals surface area contributed by atoms with Gasteiger partial charge >= 0.3 is 6.18 Å². The van der Waals surface area contributed by atoms with Gasteiger partial charge in [0.1, 0.15) is 5.75 Å². The van der Waals surface area contributed by atoms with E-state index in [9.17, 15) is 23.1 Å². The van der Waals surface area contributed by atoms with Gasteiger partial charge in [-0.25, -0.2) is 0 Å². The second kappa shape index (κ2) is 6.90. The van der Waals surface area contributed by atoms with Crippen LogP contribution in [-0.4, -0.2) is 71.9 Å². The van der Waals surface area contributed by atoms with Gasteiger partial charge in [0.25, 0.3) is 5.91 Å². The number of rotatable bonds is 2. The SMILES string of the molecule is COc1cccc(C(=O)N2CCN3C[C@@](O)(C(F)(F)F)CC[C@@H]3C2)c1Cl. The summed E-state index contributed by atoms with van der Waals surface area (Å²) in [5.41, 5.74) is -2.37. The van der Waals surface area contributed by atoms with Crippen molar-refractivity contribution in [3.05, 3.63) is 28.8 Å². The first-order valence-corrected chi connectivity index (χ1v) is 8.69. The van der Waals surface area contributed by atoms with Crippen LogP contribution in [0.4, 0.5) is 13.2 Å². The van der Waals surface area contributed by atoms with Crippen LogP contribution in [0.1, 0.15) is 23.2 Å². The monoisotopic (exact) mass is 392 g/mol. The molecule has 144 valence electrons. The molecule has 2 atom stereocenters. The molecule has 0 unspecified atom stereocenters. The highest BCUT2D eigenvalue weighted by atomic mass is 35.5. The summed E-state index contributed by atoms with van der Waals surface area (Å²) in [6, 6.07) is 4.71. The van der Waals surface area contributed by atoms with E-state index >= 15 is 0 Å². The summed E-state index contributed by atoms with van der Waals surface area (Å²) in [6.07, 6.45) is -4.84. The third kappa shape index (κ3) is 3.37. The maximum Gasteiger partial charge on any atom is 0.418 e. The van der Waals surface area contributed by atoms with Crippen molar-refractivity contribution in [1.82, 2.24) is 9.80 Å². The zero-order valence-electron chi connectivity index (χ0n) is 14.2. The van der Waals surface area contributed by atoms with E-state index in [1.54, 1.807) is 28.0 Å². The topological polar surface area (TPSA) is 53.0 Å². The van der Waals surface area contributed by atoms with Gasteiger partial charge in [-0.1, -0.05) is 17.7 Å². The van der Waals surface area contributed by atoms with Gasteiger partial charge in [0.2, 0.25) is 0 Å². The standard InChI is InChI=1S/C17H20ClF3N2O3/c1-26-13-4-2-3-12(14(13)18)15(24)22-7-8-23-10-16(25,17(19,20)21)6-5-11(23)9-22/h2-4,11,25H,5-10H2,1H3/t11-,16-/m1/s1. The fourth-order valence-corrected chi connectivity index (χ4v) is 3.90. The molecule has 0 radical (unpaired) electrons. The largest absolute Gasteiger partial charge is 0.495 e. The van der Waals surface area contributed by atoms with Crippen molar-refractivity contribution >= 4 is 17.5 Å². The van der Waals surface area contributed by atoms with E-state index in [4.69, 9.17) is 16.3 Å². The van der Waals surface area contributed by atoms with Gasteiger partial charge in [0, 0.05) is 32.2 Å². The molecule has 2 aliphatic heterocycles. The number of alkyl halides is 3. The average Bonchev–Trinajstić information content (AvgIpc) is 2.60. The van der Waals surface area contributed by atoms with E-state index < -0.39 is 18.3 Å². The normalized spacial score (nSPS) is 27.2. The fraction of sp³-hybridized carbons (Fsp3) is 0.588. The highest BCUT2D eigenvalue weighted by Gasteiger charge is 2.57. The molecule has 0 bridgehead atoms. The van der Waals surface area contributed by atoms with Crippen LogP contribution in [-0.2, 0) is 0 Å². The number of piperazine rings is 1. The molecule has 2 fully saturated rings. The lowest BCUT2D eigenvalue weighted by Crippen LogP contribution is -2.65. The van der Waals surface area contributed by atoms with E-state index in [1.165, 1.54) is 7.11 Å². The summed E-state index contributed by atoms with van der Waals surface area (Å²) >= 11 is 6.21. The predicted molar refractivity (Wildman–Crippen MR) is 89.5 cm³/mol. The summed E-state index contributed by atoms with van der Waals surface area (Å²) in [6.45, 7) is 0.399. The first-order chi connectivity index (χ1) is 12.2. The van der Waals surface area contributed by atoms with E-state index in [2.05, 4.69) is 0 Å². The number of ether oxygens (including phenoxy) is 1. The Balaban J connectivity index is 1.71. The summed E-state index contributed by atoms with van der Waals surface area (Å²) in [4.78, 5) is 16.0. The fourth-order valence-electron chi connectivity index (χ4n) is 3.62. The van der Waals surface area contributed by atoms with Crippen LogP contribution in [0.3, 0.4) is 0 Å². The van der Waals surface area contributed by atoms with Crippen molar-refractivity contribution < 1.29 is 27.8 Å². The van der Waals surface area contributed by atoms with E-state index in [0.29, 0.717) is 17.9 Å². The Kier molecular flexibility index (Phi) is 5.11. The molecule has 2 saturated heterocycles. The second-order valence-corrected chi connectivity index (χ2v) is 7.14. The van der Waals surface area contributed by atoms with Gasteiger partial charge in [0.15, 0.2) is 5.60 Å². The second-order valence-electron chi connectivity index (χ2n) is 6.77. The van der Waals surface area contributed by atoms with Gasteiger partial charge in [-0.05, 0) is 25.0 Å². The van der Waals surface area contributed by atoms with Crippen molar-refractivity contribution in [1.29, 1.82) is 0 Å². The molecule has 0 saturated carbocycles. The van der Waals surface area contributed by atoms with Crippen molar-refractivity contribution in [2.45, 2.75) is 30.7 Å². The minimum absolute atomic E-state index is 0.172. The molecule has 26 heavy (non-hydrogen) atoms. The Hall–Kier alpha value is -1.51. The lowest BCUT2D eigenvalue weighted by atomic mass is 9.86. The van der Waals surface area contributed by atoms with Crippen LogP contribution in [0.25, 0.3) is 0 Å². The number of fused-ring (bicyclic) bond motifs is 1. The quantitative estimate of drug-likeness (QED) is 0.840. The number of piperidine rings is 1. The number of hydrogen-bond donors (Lipinski definition) is 1. The van der Waals surface area contributed by atoms with Crippen LogP contribution < -0.4 is 4.74 Å². The Morgan fingerprint density at radius 2 is 2.12 bits per heavy atom. The molecule has 2 aliphatic rings. The minimum Gasteiger partial charge on any atom is -0.495 e. The molecule has 5 nitrogen and oxygen atoms in total. The van der Waals surface area contributed by atoms with E-state index in [0.717, 1.165) is 0 Å². The Morgan fingerprint density at radius 3 is 2.77 bits per heavy atom. The number of carbonyl (C=O) groups is 1. The molecule has 0 aromatic heterocycles. The smallest absolute Gasteiger partial charge is 0.418 e. The molecule has 9 heteroatoms. The van der Waals surface area contributed by atoms with Crippen molar-refractivity contribution in [2.75, 3.05) is 33.3 Å². The minimum atomic E-state index is -4.65. The highest BCUT2D eigenvalue weighted by Crippen LogP contribution is 2.40. The molecule has 0 spiro atoms. The predicted octanol–water partition coefficient (Wildman–Crippen LogP) is 2.56. The molecule has 1 aromatic rings. The maximum atomic E-state index is 13.1. The number of carbonyl (C=O) groups excluding carboxylic acids is 1. The van der Waals surface area contributed by atoms with Gasteiger partial charge in [-0.2, -0.15) is 13.2 Å². The van der Waals surface area contributed by atoms with Crippen LogP contribution in [0.5, 0.6) is 5.75 Å². The van der Waals surface area contributed by atoms with Crippen LogP contribution >= 0.6 is 11.6 Å². The number of halogens is 4. The molecule has 3 rings (SSSR count). The van der Waals surface area contributed by atoms with Gasteiger partial charge < -0.3 is 14.7 Å². The lowest BCUT2D eigenvalue weighted by Gasteiger charge is -2.49. The number of hydrogen-bond acceptors (Lipinski definition) is 4. The molecule has 1 N–H and O–H groups in total. The van der Waals surface area contributed by atoms with E-state index in [1.807, 2.05) is 0 Å². The average molecular weight is 393 g/mol. The molecule has 1 aromatic carbocycles. The van der Waals surface area contributed by atoms with E-state index in [-0.39, 0.29) is 42.9 Å². The first kappa shape index (κ1) is 19.3. The number of benzene rings is 1. The van der Waals surface area contributed by atoms with Crippen LogP contribution in [0, 0.1) is 0 Å². The van der Waals surface area contributed by atoms with Gasteiger partial charge in [-0.15, -0.1) is 0 Å². The summed E-state index contributed by atoms with van der Waals surface area (Å²) < 4.78 is 44.3. The molecule has 1 amide bonds. The zero-order valence-corrected chi connectivity index (χ0v) is 15.0. The molecular formula is C17H20ClF3N2O3.